The summed E-state index contributed by atoms with van der Waals surface area (Å²) in [5.74, 6) is 10.6. The van der Waals surface area contributed by atoms with Crippen molar-refractivity contribution in [1.29, 1.82) is 0 Å². The highest BCUT2D eigenvalue weighted by molar-refractivity contribution is 5.85. The molecular formula is C60H70N4. The molecule has 18 aliphatic rings. The van der Waals surface area contributed by atoms with Gasteiger partial charge in [-0.3, -0.25) is 0 Å². The summed E-state index contributed by atoms with van der Waals surface area (Å²) in [5.41, 5.74) is 18.0. The highest BCUT2D eigenvalue weighted by atomic mass is 14.8. The van der Waals surface area contributed by atoms with E-state index in [4.69, 9.17) is 9.97 Å². The van der Waals surface area contributed by atoms with Gasteiger partial charge >= 0.3 is 0 Å². The average molecular weight is 847 g/mol. The average Bonchev–Trinajstić information content (AvgIpc) is 4.07. The Morgan fingerprint density at radius 2 is 0.453 bits per heavy atom. The second-order valence-corrected chi connectivity index (χ2v) is 27.3. The molecule has 24 bridgehead atoms. The zero-order chi connectivity index (χ0) is 41.3. The maximum Gasteiger partial charge on any atom is 0.0696 e. The summed E-state index contributed by atoms with van der Waals surface area (Å²) in [4.78, 5) is 21.0. The molecule has 5 heterocycles. The second-order valence-electron chi connectivity index (χ2n) is 27.3. The Bertz CT molecular complexity index is 2280. The first-order valence-corrected chi connectivity index (χ1v) is 27.5. The molecule has 0 radical (unpaired) electrons. The standard InChI is InChI=1S/C60H70N4/c1-2-46-54(58-24-36-12-37(25-58)14-38(13-36)26-58)48-5-6-50(63-48)56(60-30-42-18-43(31-60)20-44(19-42)32-60)52-8-7-51(64-52)55(59-27-39-15-40(28-59)17-41(16-39)29-59)49-4-3-47(62-49)53(45(1)61-46)57-21-33-9-34(22-57)11-35(10-33)23-57/h1-8,33-44,61,64H,9-32H2. The molecule has 16 aliphatic carbocycles. The van der Waals surface area contributed by atoms with Crippen LogP contribution in [0.1, 0.15) is 199 Å². The van der Waals surface area contributed by atoms with Crippen molar-refractivity contribution >= 4 is 46.4 Å². The number of nitrogens with one attached hydrogen (secondary N) is 2. The van der Waals surface area contributed by atoms with E-state index >= 15 is 0 Å². The van der Waals surface area contributed by atoms with Crippen LogP contribution < -0.4 is 0 Å². The third kappa shape index (κ3) is 5.03. The second kappa shape index (κ2) is 12.4. The van der Waals surface area contributed by atoms with Crippen LogP contribution in [0.2, 0.25) is 0 Å². The van der Waals surface area contributed by atoms with Crippen LogP contribution in [0.25, 0.3) is 46.4 Å². The predicted octanol–water partition coefficient (Wildman–Crippen LogP) is 14.5. The largest absolute Gasteiger partial charge is 0.355 e. The van der Waals surface area contributed by atoms with E-state index in [1.165, 1.54) is 199 Å². The quantitative estimate of drug-likeness (QED) is 0.189. The van der Waals surface area contributed by atoms with Crippen LogP contribution in [0, 0.1) is 71.0 Å². The highest BCUT2D eigenvalue weighted by Crippen LogP contribution is 2.66. The van der Waals surface area contributed by atoms with E-state index in [1.54, 1.807) is 22.3 Å². The molecule has 0 unspecified atom stereocenters. The SMILES string of the molecule is C1=Cc2nc1c(C13CC4CC(CC(C4)C1)C3)c1ccc([nH]1)c(C13CC4CC(CC(C4)C1)C3)c1nc(c(C34CC5CC(CC(C5)C3)C4)c3ccc([nH]3)c2C23CC4CC(CC(C4)C2)C3)C=C1. The molecule has 3 aromatic rings. The smallest absolute Gasteiger partial charge is 0.0696 e. The van der Waals surface area contributed by atoms with Crippen LogP contribution in [-0.2, 0) is 21.7 Å². The molecule has 0 atom stereocenters. The van der Waals surface area contributed by atoms with E-state index < -0.39 is 0 Å². The third-order valence-corrected chi connectivity index (χ3v) is 23.0. The lowest BCUT2D eigenvalue weighted by atomic mass is 9.48. The van der Waals surface area contributed by atoms with Crippen LogP contribution in [-0.4, -0.2) is 19.9 Å². The van der Waals surface area contributed by atoms with E-state index in [0.717, 1.165) is 71.0 Å². The topological polar surface area (TPSA) is 57.4 Å². The zero-order valence-electron chi connectivity index (χ0n) is 38.4. The van der Waals surface area contributed by atoms with Crippen LogP contribution in [0.5, 0.6) is 0 Å². The number of hydrogen-bond donors (Lipinski definition) is 2. The Labute approximate surface area is 380 Å². The maximum atomic E-state index is 6.10. The Balaban J connectivity index is 0.989. The Morgan fingerprint density at radius 3 is 0.625 bits per heavy atom. The van der Waals surface area contributed by atoms with Gasteiger partial charge in [0.2, 0.25) is 0 Å². The number of nitrogens with zero attached hydrogens (tertiary/aromatic N) is 2. The first-order chi connectivity index (χ1) is 31.3. The fourth-order valence-electron chi connectivity index (χ4n) is 23.1. The Morgan fingerprint density at radius 1 is 0.281 bits per heavy atom. The van der Waals surface area contributed by atoms with Gasteiger partial charge in [0.05, 0.1) is 22.8 Å². The highest BCUT2D eigenvalue weighted by Gasteiger charge is 2.57. The van der Waals surface area contributed by atoms with Crippen molar-refractivity contribution in [3.63, 3.8) is 0 Å². The molecule has 4 nitrogen and oxygen atoms in total. The van der Waals surface area contributed by atoms with Crippen molar-refractivity contribution in [2.45, 2.75) is 176 Å². The number of fused-ring (bicyclic) bond motifs is 8. The fourth-order valence-corrected chi connectivity index (χ4v) is 23.1. The normalized spacial score (nSPS) is 46.6. The first kappa shape index (κ1) is 36.7. The lowest BCUT2D eigenvalue weighted by Crippen LogP contribution is -2.49. The Kier molecular flexibility index (Phi) is 7.09. The molecule has 2 aliphatic heterocycles. The van der Waals surface area contributed by atoms with Gasteiger partial charge in [-0.1, -0.05) is 0 Å². The Hall–Kier alpha value is -3.40. The van der Waals surface area contributed by atoms with Gasteiger partial charge in [0.15, 0.2) is 0 Å². The number of rotatable bonds is 4. The molecule has 16 saturated carbocycles. The van der Waals surface area contributed by atoms with E-state index in [-0.39, 0.29) is 21.7 Å². The van der Waals surface area contributed by atoms with Crippen molar-refractivity contribution in [1.82, 2.24) is 19.9 Å². The monoisotopic (exact) mass is 847 g/mol. The summed E-state index contributed by atoms with van der Waals surface area (Å²) in [5, 5.41) is 0. The van der Waals surface area contributed by atoms with Gasteiger partial charge in [0, 0.05) is 66.0 Å². The maximum absolute atomic E-state index is 6.10. The van der Waals surface area contributed by atoms with Crippen molar-refractivity contribution in [2.24, 2.45) is 71.0 Å². The lowest BCUT2D eigenvalue weighted by molar-refractivity contribution is -0.00504. The minimum Gasteiger partial charge on any atom is -0.355 e. The molecule has 0 saturated heterocycles. The minimum absolute atomic E-state index is 0.218. The van der Waals surface area contributed by atoms with Gasteiger partial charge in [-0.15, -0.1) is 0 Å². The van der Waals surface area contributed by atoms with Gasteiger partial charge in [0.25, 0.3) is 0 Å². The number of aromatic nitrogens is 4. The van der Waals surface area contributed by atoms with Gasteiger partial charge in [0.1, 0.15) is 0 Å². The van der Waals surface area contributed by atoms with E-state index in [2.05, 4.69) is 58.5 Å². The van der Waals surface area contributed by atoms with Crippen LogP contribution in [0.4, 0.5) is 0 Å². The number of aromatic amines is 2. The number of hydrogen-bond acceptors (Lipinski definition) is 2. The fraction of sp³-hybridized carbons (Fsp3) is 0.667. The molecule has 16 fully saturated rings. The van der Waals surface area contributed by atoms with Crippen molar-refractivity contribution in [2.75, 3.05) is 0 Å². The third-order valence-electron chi connectivity index (χ3n) is 23.0. The molecule has 3 aromatic heterocycles. The summed E-state index contributed by atoms with van der Waals surface area (Å²) in [6.07, 6.45) is 44.1. The van der Waals surface area contributed by atoms with Gasteiger partial charge in [-0.25, -0.2) is 9.97 Å². The molecule has 64 heavy (non-hydrogen) atoms. The molecule has 4 heteroatoms. The van der Waals surface area contributed by atoms with Crippen LogP contribution >= 0.6 is 0 Å². The molecule has 21 rings (SSSR count). The minimum atomic E-state index is 0.218. The van der Waals surface area contributed by atoms with E-state index in [9.17, 15) is 0 Å². The summed E-state index contributed by atoms with van der Waals surface area (Å²) in [6, 6.07) is 10.3. The van der Waals surface area contributed by atoms with Crippen molar-refractivity contribution in [3.05, 3.63) is 69.3 Å². The first-order valence-electron chi connectivity index (χ1n) is 27.5. The van der Waals surface area contributed by atoms with E-state index in [1.807, 2.05) is 0 Å². The van der Waals surface area contributed by atoms with Gasteiger partial charge < -0.3 is 9.97 Å². The molecule has 330 valence electrons. The number of H-pyrrole nitrogens is 2. The molecule has 0 amide bonds. The van der Waals surface area contributed by atoms with Crippen LogP contribution in [0.3, 0.4) is 0 Å². The summed E-state index contributed by atoms with van der Waals surface area (Å²) >= 11 is 0. The van der Waals surface area contributed by atoms with Crippen LogP contribution in [0.15, 0.2) is 24.3 Å². The molecule has 0 aromatic carbocycles. The van der Waals surface area contributed by atoms with Gasteiger partial charge in [-0.05, 0) is 274 Å². The lowest BCUT2D eigenvalue weighted by Gasteiger charge is -2.57. The summed E-state index contributed by atoms with van der Waals surface area (Å²) < 4.78 is 0. The van der Waals surface area contributed by atoms with Crippen molar-refractivity contribution < 1.29 is 0 Å². The summed E-state index contributed by atoms with van der Waals surface area (Å²) in [7, 11) is 0. The molecular weight excluding hydrogens is 777 g/mol. The summed E-state index contributed by atoms with van der Waals surface area (Å²) in [6.45, 7) is 0. The molecule has 2 N–H and O–H groups in total. The zero-order valence-corrected chi connectivity index (χ0v) is 38.4. The van der Waals surface area contributed by atoms with Gasteiger partial charge in [-0.2, -0.15) is 0 Å². The molecule has 0 spiro atoms. The van der Waals surface area contributed by atoms with E-state index in [0.29, 0.717) is 0 Å². The van der Waals surface area contributed by atoms with Crippen molar-refractivity contribution in [3.8, 4) is 0 Å². The predicted molar refractivity (Wildman–Crippen MR) is 258 cm³/mol.